The van der Waals surface area contributed by atoms with Gasteiger partial charge < -0.3 is 10.4 Å². The minimum Gasteiger partial charge on any atom is -0.506 e. The zero-order valence-electron chi connectivity index (χ0n) is 12.8. The molecule has 0 saturated carbocycles. The number of aromatic hydroxyl groups is 1. The van der Waals surface area contributed by atoms with Gasteiger partial charge in [-0.05, 0) is 29.3 Å². The molecule has 3 aromatic carbocycles. The number of rotatable bonds is 4. The molecule has 0 atom stereocenters. The van der Waals surface area contributed by atoms with E-state index in [0.29, 0.717) is 10.7 Å². The predicted octanol–water partition coefficient (Wildman–Crippen LogP) is 4.82. The second-order valence-electron chi connectivity index (χ2n) is 5.41. The van der Waals surface area contributed by atoms with E-state index in [1.807, 2.05) is 60.7 Å². The number of halogens is 1. The number of hydrogen-bond acceptors (Lipinski definition) is 2. The quantitative estimate of drug-likeness (QED) is 0.671. The SMILES string of the molecule is O=C(Nc1cc(Cl)ccc1O)C(c1ccccc1)c1ccccc1. The average molecular weight is 338 g/mol. The summed E-state index contributed by atoms with van der Waals surface area (Å²) in [5.41, 5.74) is 2.05. The number of benzene rings is 3. The molecule has 4 heteroatoms. The predicted molar refractivity (Wildman–Crippen MR) is 96.5 cm³/mol. The van der Waals surface area contributed by atoms with E-state index in [1.54, 1.807) is 6.07 Å². The minimum absolute atomic E-state index is 0.0207. The number of carbonyl (C=O) groups excluding carboxylic acids is 1. The topological polar surface area (TPSA) is 49.3 Å². The third-order valence-corrected chi connectivity index (χ3v) is 3.98. The summed E-state index contributed by atoms with van der Waals surface area (Å²) >= 11 is 5.95. The first-order valence-electron chi connectivity index (χ1n) is 7.54. The van der Waals surface area contributed by atoms with Gasteiger partial charge in [0.2, 0.25) is 5.91 Å². The van der Waals surface area contributed by atoms with Crippen molar-refractivity contribution in [1.82, 2.24) is 0 Å². The fourth-order valence-electron chi connectivity index (χ4n) is 2.60. The fourth-order valence-corrected chi connectivity index (χ4v) is 2.77. The summed E-state index contributed by atoms with van der Waals surface area (Å²) in [7, 11) is 0. The first kappa shape index (κ1) is 16.1. The highest BCUT2D eigenvalue weighted by molar-refractivity contribution is 6.31. The zero-order valence-corrected chi connectivity index (χ0v) is 13.6. The number of carbonyl (C=O) groups is 1. The van der Waals surface area contributed by atoms with Crippen LogP contribution in [0.15, 0.2) is 78.9 Å². The number of amides is 1. The number of phenolic OH excluding ortho intramolecular Hbond substituents is 1. The highest BCUT2D eigenvalue weighted by Crippen LogP contribution is 2.30. The Balaban J connectivity index is 1.97. The molecule has 0 radical (unpaired) electrons. The molecule has 24 heavy (non-hydrogen) atoms. The molecule has 0 saturated heterocycles. The van der Waals surface area contributed by atoms with Gasteiger partial charge in [0.1, 0.15) is 5.75 Å². The van der Waals surface area contributed by atoms with Crippen molar-refractivity contribution in [2.75, 3.05) is 5.32 Å². The van der Waals surface area contributed by atoms with Crippen LogP contribution in [0.25, 0.3) is 0 Å². The van der Waals surface area contributed by atoms with E-state index in [0.717, 1.165) is 11.1 Å². The Bertz CT molecular complexity index is 795. The molecular weight excluding hydrogens is 322 g/mol. The van der Waals surface area contributed by atoms with E-state index in [4.69, 9.17) is 11.6 Å². The van der Waals surface area contributed by atoms with E-state index < -0.39 is 5.92 Å². The van der Waals surface area contributed by atoms with Crippen molar-refractivity contribution in [2.45, 2.75) is 5.92 Å². The summed E-state index contributed by atoms with van der Waals surface area (Å²) in [5, 5.41) is 13.2. The summed E-state index contributed by atoms with van der Waals surface area (Å²) in [6.07, 6.45) is 0. The standard InChI is InChI=1S/C20H16ClNO2/c21-16-11-12-18(23)17(13-16)22-20(24)19(14-7-3-1-4-8-14)15-9-5-2-6-10-15/h1-13,19,23H,(H,22,24). The van der Waals surface area contributed by atoms with Gasteiger partial charge in [0.05, 0.1) is 11.6 Å². The Labute approximate surface area is 145 Å². The van der Waals surface area contributed by atoms with Gasteiger partial charge in [-0.25, -0.2) is 0 Å². The van der Waals surface area contributed by atoms with Crippen LogP contribution in [-0.2, 0) is 4.79 Å². The lowest BCUT2D eigenvalue weighted by Gasteiger charge is -2.18. The van der Waals surface area contributed by atoms with Crippen molar-refractivity contribution in [3.63, 3.8) is 0 Å². The molecule has 3 rings (SSSR count). The molecule has 0 aliphatic heterocycles. The molecule has 1 amide bonds. The van der Waals surface area contributed by atoms with Crippen LogP contribution in [0.2, 0.25) is 5.02 Å². The van der Waals surface area contributed by atoms with Crippen molar-refractivity contribution < 1.29 is 9.90 Å². The van der Waals surface area contributed by atoms with Gasteiger partial charge in [0, 0.05) is 5.02 Å². The minimum atomic E-state index is -0.481. The Hall–Kier alpha value is -2.78. The second kappa shape index (κ2) is 7.20. The van der Waals surface area contributed by atoms with E-state index >= 15 is 0 Å². The third-order valence-electron chi connectivity index (χ3n) is 3.74. The maximum atomic E-state index is 12.9. The van der Waals surface area contributed by atoms with Gasteiger partial charge in [-0.15, -0.1) is 0 Å². The first-order chi connectivity index (χ1) is 11.6. The Kier molecular flexibility index (Phi) is 4.82. The van der Waals surface area contributed by atoms with E-state index in [2.05, 4.69) is 5.32 Å². The Morgan fingerprint density at radius 1 is 0.875 bits per heavy atom. The summed E-state index contributed by atoms with van der Waals surface area (Å²) in [6, 6.07) is 23.6. The van der Waals surface area contributed by atoms with Crippen molar-refractivity contribution in [1.29, 1.82) is 0 Å². The molecule has 0 fully saturated rings. The Morgan fingerprint density at radius 2 is 1.42 bits per heavy atom. The monoisotopic (exact) mass is 337 g/mol. The third kappa shape index (κ3) is 3.58. The first-order valence-corrected chi connectivity index (χ1v) is 7.92. The van der Waals surface area contributed by atoms with Crippen LogP contribution < -0.4 is 5.32 Å². The largest absolute Gasteiger partial charge is 0.506 e. The molecule has 0 aliphatic rings. The maximum absolute atomic E-state index is 12.9. The van der Waals surface area contributed by atoms with Crippen molar-refractivity contribution in [3.8, 4) is 5.75 Å². The molecule has 0 aliphatic carbocycles. The van der Waals surface area contributed by atoms with Crippen molar-refractivity contribution in [3.05, 3.63) is 95.0 Å². The summed E-state index contributed by atoms with van der Waals surface area (Å²) in [5.74, 6) is -0.733. The normalized spacial score (nSPS) is 10.6. The summed E-state index contributed by atoms with van der Waals surface area (Å²) in [6.45, 7) is 0. The summed E-state index contributed by atoms with van der Waals surface area (Å²) in [4.78, 5) is 12.9. The Morgan fingerprint density at radius 3 is 1.96 bits per heavy atom. The van der Waals surface area contributed by atoms with Gasteiger partial charge in [0.15, 0.2) is 0 Å². The molecule has 0 spiro atoms. The maximum Gasteiger partial charge on any atom is 0.236 e. The molecule has 2 N–H and O–H groups in total. The van der Waals surface area contributed by atoms with Gasteiger partial charge in [-0.1, -0.05) is 72.3 Å². The van der Waals surface area contributed by atoms with Crippen LogP contribution in [0.3, 0.4) is 0 Å². The molecule has 0 aromatic heterocycles. The van der Waals surface area contributed by atoms with Gasteiger partial charge >= 0.3 is 0 Å². The molecule has 0 bridgehead atoms. The van der Waals surface area contributed by atoms with Gasteiger partial charge in [0.25, 0.3) is 0 Å². The lowest BCUT2D eigenvalue weighted by atomic mass is 9.90. The van der Waals surface area contributed by atoms with Crippen LogP contribution >= 0.6 is 11.6 Å². The fraction of sp³-hybridized carbons (Fsp3) is 0.0500. The molecule has 0 unspecified atom stereocenters. The van der Waals surface area contributed by atoms with E-state index in [9.17, 15) is 9.90 Å². The lowest BCUT2D eigenvalue weighted by molar-refractivity contribution is -0.116. The summed E-state index contributed by atoms with van der Waals surface area (Å²) < 4.78 is 0. The highest BCUT2D eigenvalue weighted by atomic mass is 35.5. The van der Waals surface area contributed by atoms with Crippen LogP contribution in [0, 0.1) is 0 Å². The molecular formula is C20H16ClNO2. The van der Waals surface area contributed by atoms with Crippen molar-refractivity contribution >= 4 is 23.2 Å². The zero-order chi connectivity index (χ0) is 16.9. The van der Waals surface area contributed by atoms with Crippen molar-refractivity contribution in [2.24, 2.45) is 0 Å². The second-order valence-corrected chi connectivity index (χ2v) is 5.84. The highest BCUT2D eigenvalue weighted by Gasteiger charge is 2.23. The number of anilines is 1. The van der Waals surface area contributed by atoms with Crippen LogP contribution in [0.5, 0.6) is 5.75 Å². The van der Waals surface area contributed by atoms with E-state index in [1.165, 1.54) is 12.1 Å². The van der Waals surface area contributed by atoms with Gasteiger partial charge in [-0.3, -0.25) is 4.79 Å². The van der Waals surface area contributed by atoms with Gasteiger partial charge in [-0.2, -0.15) is 0 Å². The van der Waals surface area contributed by atoms with Crippen LogP contribution in [0.4, 0.5) is 5.69 Å². The lowest BCUT2D eigenvalue weighted by Crippen LogP contribution is -2.22. The average Bonchev–Trinajstić information content (AvgIpc) is 2.60. The van der Waals surface area contributed by atoms with Crippen LogP contribution in [-0.4, -0.2) is 11.0 Å². The molecule has 3 aromatic rings. The molecule has 0 heterocycles. The number of hydrogen-bond donors (Lipinski definition) is 2. The number of nitrogens with one attached hydrogen (secondary N) is 1. The molecule has 120 valence electrons. The van der Waals surface area contributed by atoms with Crippen LogP contribution in [0.1, 0.15) is 17.0 Å². The molecule has 3 nitrogen and oxygen atoms in total. The number of phenols is 1. The van der Waals surface area contributed by atoms with E-state index in [-0.39, 0.29) is 11.7 Å². The smallest absolute Gasteiger partial charge is 0.236 e.